The molecule has 5 aliphatic heterocycles. The molecule has 12 nitrogen and oxygen atoms in total. The Kier molecular flexibility index (Phi) is 10.1. The molecule has 1 aromatic heterocycles. The largest absolute Gasteiger partial charge is 0.371 e. The van der Waals surface area contributed by atoms with E-state index >= 15 is 0 Å². The van der Waals surface area contributed by atoms with E-state index in [1.54, 1.807) is 29.5 Å². The number of amides is 3. The number of halogens is 1. The van der Waals surface area contributed by atoms with Crippen LogP contribution in [0.15, 0.2) is 48.5 Å². The fourth-order valence-electron chi connectivity index (χ4n) is 9.89. The maximum absolute atomic E-state index is 13.6. The summed E-state index contributed by atoms with van der Waals surface area (Å²) in [5, 5.41) is 1.65. The summed E-state index contributed by atoms with van der Waals surface area (Å²) < 4.78 is 0. The number of thiophene rings is 1. The summed E-state index contributed by atoms with van der Waals surface area (Å²) in [6.45, 7) is 17.2. The molecule has 2 aromatic carbocycles. The molecule has 3 aromatic rings. The minimum absolute atomic E-state index is 0.135. The van der Waals surface area contributed by atoms with Gasteiger partial charge in [-0.25, -0.2) is 4.85 Å². The maximum atomic E-state index is 13.6. The third-order valence-electron chi connectivity index (χ3n) is 13.3. The van der Waals surface area contributed by atoms with Crippen LogP contribution < -0.4 is 14.7 Å². The molecule has 4 saturated heterocycles. The lowest BCUT2D eigenvalue weighted by atomic mass is 9.77. The number of imide groups is 1. The van der Waals surface area contributed by atoms with Gasteiger partial charge in [0.15, 0.2) is 5.78 Å². The van der Waals surface area contributed by atoms with Crippen molar-refractivity contribution in [2.45, 2.75) is 51.0 Å². The number of anilines is 3. The number of hydrogen-bond donors (Lipinski definition) is 0. The van der Waals surface area contributed by atoms with E-state index in [4.69, 9.17) is 18.2 Å². The predicted molar refractivity (Wildman–Crippen MR) is 220 cm³/mol. The second-order valence-corrected chi connectivity index (χ2v) is 18.2. The summed E-state index contributed by atoms with van der Waals surface area (Å²) >= 11 is 7.94. The average molecular weight is 808 g/mol. The van der Waals surface area contributed by atoms with E-state index in [1.807, 2.05) is 29.2 Å². The van der Waals surface area contributed by atoms with Gasteiger partial charge in [-0.15, -0.1) is 11.3 Å². The Balaban J connectivity index is 0.734. The minimum atomic E-state index is -0.859. The number of ketones is 2. The number of nitrogens with zero attached hydrogens (tertiary/aromatic N) is 7. The Morgan fingerprint density at radius 1 is 0.807 bits per heavy atom. The van der Waals surface area contributed by atoms with Gasteiger partial charge in [0.05, 0.1) is 40.0 Å². The van der Waals surface area contributed by atoms with Crippen LogP contribution in [0.4, 0.5) is 22.1 Å². The third-order valence-corrected chi connectivity index (χ3v) is 14.7. The number of hydrogen-bond acceptors (Lipinski definition) is 10. The lowest BCUT2D eigenvalue weighted by Gasteiger charge is -2.39. The molecule has 0 N–H and O–H groups in total. The highest BCUT2D eigenvalue weighted by molar-refractivity contribution is 7.18. The molecule has 296 valence electrons. The second kappa shape index (κ2) is 15.2. The molecule has 3 amide bonds. The molecular weight excluding hydrogens is 762 g/mol. The number of piperazine rings is 1. The topological polar surface area (TPSA) is 109 Å². The molecule has 6 heterocycles. The fourth-order valence-corrected chi connectivity index (χ4v) is 11.1. The number of fused-ring (bicyclic) bond motifs is 1. The van der Waals surface area contributed by atoms with Crippen molar-refractivity contribution in [3.8, 4) is 0 Å². The van der Waals surface area contributed by atoms with Crippen LogP contribution in [0.1, 0.15) is 75.3 Å². The Morgan fingerprint density at radius 3 is 2.30 bits per heavy atom. The van der Waals surface area contributed by atoms with Crippen LogP contribution in [-0.4, -0.2) is 122 Å². The molecule has 1 saturated carbocycles. The van der Waals surface area contributed by atoms with E-state index in [1.165, 1.54) is 0 Å². The lowest BCUT2D eigenvalue weighted by Crippen LogP contribution is -2.47. The van der Waals surface area contributed by atoms with Crippen LogP contribution in [0.2, 0.25) is 5.02 Å². The van der Waals surface area contributed by atoms with Gasteiger partial charge in [-0.2, -0.15) is 0 Å². The zero-order valence-electron chi connectivity index (χ0n) is 32.0. The van der Waals surface area contributed by atoms with Crippen LogP contribution in [-0.2, 0) is 9.59 Å². The number of piperidine rings is 1. The summed E-state index contributed by atoms with van der Waals surface area (Å²) in [7, 11) is 0. The SMILES string of the molecule is [C-]#[N+]c1ccc(N2CCC3(CCN(C(=O)c4ccc(N5CCN(C[C@@H]6CCN(c7ccc8c(c7)C(=O)N(C7CCC(=O)CC7=O)C8=O)C6)CC5)s4)CC3)C2)cc1Cl. The summed E-state index contributed by atoms with van der Waals surface area (Å²) in [6, 6.07) is 14.4. The molecule has 2 atom stereocenters. The van der Waals surface area contributed by atoms with Crippen molar-refractivity contribution in [3.63, 3.8) is 0 Å². The first kappa shape index (κ1) is 37.8. The van der Waals surface area contributed by atoms with Crippen molar-refractivity contribution in [2.75, 3.05) is 86.7 Å². The van der Waals surface area contributed by atoms with Gasteiger partial charge in [0.25, 0.3) is 17.7 Å². The van der Waals surface area contributed by atoms with Gasteiger partial charge in [0.1, 0.15) is 5.78 Å². The van der Waals surface area contributed by atoms with Gasteiger partial charge in [-0.05, 0) is 85.9 Å². The summed E-state index contributed by atoms with van der Waals surface area (Å²) in [6.07, 6.45) is 4.31. The van der Waals surface area contributed by atoms with Crippen molar-refractivity contribution in [1.29, 1.82) is 0 Å². The Labute approximate surface area is 341 Å². The van der Waals surface area contributed by atoms with Crippen molar-refractivity contribution >= 4 is 74.3 Å². The molecule has 9 rings (SSSR count). The van der Waals surface area contributed by atoms with Crippen molar-refractivity contribution in [3.05, 3.63) is 81.0 Å². The van der Waals surface area contributed by atoms with Crippen LogP contribution >= 0.6 is 22.9 Å². The van der Waals surface area contributed by atoms with Gasteiger partial charge in [0.2, 0.25) is 5.69 Å². The van der Waals surface area contributed by atoms with E-state index in [-0.39, 0.29) is 42.2 Å². The Hall–Kier alpha value is -4.77. The van der Waals surface area contributed by atoms with E-state index in [0.717, 1.165) is 124 Å². The van der Waals surface area contributed by atoms with E-state index in [9.17, 15) is 24.0 Å². The van der Waals surface area contributed by atoms with E-state index < -0.39 is 17.9 Å². The number of Topliss-reactive ketones (excluding diaryl/α,β-unsaturated/α-hetero) is 2. The second-order valence-electron chi connectivity index (χ2n) is 16.7. The molecular formula is C43H46ClN7O5S. The normalized spacial score (nSPS) is 23.9. The Bertz CT molecular complexity index is 2180. The maximum Gasteiger partial charge on any atom is 0.263 e. The summed E-state index contributed by atoms with van der Waals surface area (Å²) in [5.41, 5.74) is 3.33. The fraction of sp³-hybridized carbons (Fsp3) is 0.488. The first-order valence-electron chi connectivity index (χ1n) is 20.2. The number of carbonyl (C=O) groups excluding carboxylic acids is 5. The molecule has 1 spiro atoms. The van der Waals surface area contributed by atoms with Gasteiger partial charge in [-0.1, -0.05) is 17.7 Å². The van der Waals surface area contributed by atoms with Gasteiger partial charge in [0, 0.05) is 94.8 Å². The number of rotatable bonds is 7. The van der Waals surface area contributed by atoms with Crippen LogP contribution in [0, 0.1) is 17.9 Å². The molecule has 1 unspecified atom stereocenters. The number of benzene rings is 2. The molecule has 57 heavy (non-hydrogen) atoms. The number of likely N-dealkylation sites (tertiary alicyclic amines) is 1. The van der Waals surface area contributed by atoms with E-state index in [2.05, 4.69) is 30.5 Å². The van der Waals surface area contributed by atoms with Crippen LogP contribution in [0.25, 0.3) is 4.85 Å². The van der Waals surface area contributed by atoms with Crippen molar-refractivity contribution < 1.29 is 24.0 Å². The van der Waals surface area contributed by atoms with E-state index in [0.29, 0.717) is 27.8 Å². The highest BCUT2D eigenvalue weighted by Crippen LogP contribution is 2.43. The smallest absolute Gasteiger partial charge is 0.263 e. The number of carbonyl (C=O) groups is 5. The molecule has 14 heteroatoms. The zero-order valence-corrected chi connectivity index (χ0v) is 33.5. The highest BCUT2D eigenvalue weighted by Gasteiger charge is 2.45. The summed E-state index contributed by atoms with van der Waals surface area (Å²) in [5.74, 6) is -0.762. The van der Waals surface area contributed by atoms with Gasteiger partial charge < -0.3 is 19.6 Å². The van der Waals surface area contributed by atoms with Crippen molar-refractivity contribution in [1.82, 2.24) is 14.7 Å². The third kappa shape index (κ3) is 7.21. The first-order valence-corrected chi connectivity index (χ1v) is 21.4. The first-order chi connectivity index (χ1) is 27.6. The predicted octanol–water partition coefficient (Wildman–Crippen LogP) is 6.02. The monoisotopic (exact) mass is 807 g/mol. The lowest BCUT2D eigenvalue weighted by molar-refractivity contribution is -0.132. The molecule has 5 fully saturated rings. The van der Waals surface area contributed by atoms with Crippen molar-refractivity contribution in [2.24, 2.45) is 11.3 Å². The molecule has 1 aliphatic carbocycles. The standard InChI is InChI=1S/C43H46ClN7O5S/c1-45-35-6-3-30(23-34(35)44)50-17-13-43(27-50)11-15-48(16-12-43)42(56)38-8-9-39(57-38)47-20-18-46(19-21-47)25-28-10-14-49(26-28)29-2-5-32-33(22-29)41(55)51(40(32)54)36-7-4-31(52)24-37(36)53/h2-3,5-6,8-9,22-23,28,36H,4,7,10-21,24-27H2/t28-,36?/m0/s1. The van der Waals surface area contributed by atoms with Gasteiger partial charge >= 0.3 is 0 Å². The van der Waals surface area contributed by atoms with Crippen LogP contribution in [0.3, 0.4) is 0 Å². The average Bonchev–Trinajstić information content (AvgIpc) is 4.03. The Morgan fingerprint density at radius 2 is 1.54 bits per heavy atom. The molecule has 6 aliphatic rings. The van der Waals surface area contributed by atoms with Gasteiger partial charge in [-0.3, -0.25) is 33.8 Å². The minimum Gasteiger partial charge on any atom is -0.371 e. The quantitative estimate of drug-likeness (QED) is 0.161. The highest BCUT2D eigenvalue weighted by atomic mass is 35.5. The molecule has 0 radical (unpaired) electrons. The van der Waals surface area contributed by atoms with Crippen LogP contribution in [0.5, 0.6) is 0 Å². The zero-order chi connectivity index (χ0) is 39.4. The summed E-state index contributed by atoms with van der Waals surface area (Å²) in [4.78, 5) is 81.5. The molecule has 0 bridgehead atoms.